The Labute approximate surface area is 164 Å². The zero-order valence-corrected chi connectivity index (χ0v) is 16.8. The molecule has 0 saturated heterocycles. The molecule has 5 nitrogen and oxygen atoms in total. The number of carbonyl (C=O) groups excluding carboxylic acids is 1. The minimum atomic E-state index is -4.03. The normalized spacial score (nSPS) is 15.5. The number of hydrogen-bond acceptors (Lipinski definition) is 4. The molecule has 0 saturated carbocycles. The fourth-order valence-electron chi connectivity index (χ4n) is 3.24. The van der Waals surface area contributed by atoms with Gasteiger partial charge in [0.15, 0.2) is 0 Å². The monoisotopic (exact) mass is 398 g/mol. The molecule has 3 aromatic rings. The van der Waals surface area contributed by atoms with Crippen LogP contribution in [-0.2, 0) is 30.4 Å². The summed E-state index contributed by atoms with van der Waals surface area (Å²) in [5, 5.41) is 1.84. The molecule has 0 bridgehead atoms. The lowest BCUT2D eigenvalue weighted by Crippen LogP contribution is -2.32. The maximum atomic E-state index is 12.9. The van der Waals surface area contributed by atoms with Crippen molar-refractivity contribution in [3.8, 4) is 0 Å². The third kappa shape index (κ3) is 4.87. The lowest BCUT2D eigenvalue weighted by molar-refractivity contribution is -0.147. The molecule has 0 aliphatic rings. The van der Waals surface area contributed by atoms with E-state index in [1.54, 1.807) is 31.2 Å². The van der Waals surface area contributed by atoms with Crippen LogP contribution in [0.5, 0.6) is 0 Å². The summed E-state index contributed by atoms with van der Waals surface area (Å²) in [7, 11) is -4.03. The third-order valence-corrected chi connectivity index (χ3v) is 5.93. The Morgan fingerprint density at radius 1 is 1.00 bits per heavy atom. The van der Waals surface area contributed by atoms with Gasteiger partial charge in [-0.3, -0.25) is 13.9 Å². The van der Waals surface area contributed by atoms with E-state index in [-0.39, 0.29) is 12.8 Å². The molecule has 2 atom stereocenters. The fraction of sp³-hybridized carbons (Fsp3) is 0.227. The summed E-state index contributed by atoms with van der Waals surface area (Å²) in [6, 6.07) is 22.3. The molecule has 0 heterocycles. The Hall–Kier alpha value is -2.46. The second-order valence-electron chi connectivity index (χ2n) is 6.91. The van der Waals surface area contributed by atoms with E-state index in [9.17, 15) is 14.3 Å². The van der Waals surface area contributed by atoms with Gasteiger partial charge in [0, 0.05) is 6.92 Å². The molecule has 0 aromatic heterocycles. The van der Waals surface area contributed by atoms with Gasteiger partial charge in [-0.25, -0.2) is 0 Å². The summed E-state index contributed by atoms with van der Waals surface area (Å²) < 4.78 is 24.0. The van der Waals surface area contributed by atoms with Crippen LogP contribution >= 0.6 is 7.60 Å². The average molecular weight is 398 g/mol. The van der Waals surface area contributed by atoms with Crippen LogP contribution < -0.4 is 0 Å². The summed E-state index contributed by atoms with van der Waals surface area (Å²) in [5.41, 5.74) is 0.0984. The number of hydrogen-bond donors (Lipinski definition) is 1. The van der Waals surface area contributed by atoms with Gasteiger partial charge in [-0.2, -0.15) is 0 Å². The van der Waals surface area contributed by atoms with Gasteiger partial charge in [-0.1, -0.05) is 72.8 Å². The molecule has 0 fully saturated rings. The van der Waals surface area contributed by atoms with Crippen molar-refractivity contribution in [3.63, 3.8) is 0 Å². The van der Waals surface area contributed by atoms with Crippen LogP contribution in [0, 0.1) is 0 Å². The van der Waals surface area contributed by atoms with Crippen LogP contribution in [0.4, 0.5) is 0 Å². The highest BCUT2D eigenvalue weighted by atomic mass is 31.2. The first-order chi connectivity index (χ1) is 13.3. The first kappa shape index (κ1) is 20.3. The SMILES string of the molecule is CC(=O)OCC(C)(OP(=O)(O)Cc1ccccc1)c1cccc2ccccc12. The first-order valence-corrected chi connectivity index (χ1v) is 10.7. The standard InChI is InChI=1S/C22H23O5P/c1-17(23)26-16-22(2,21-14-8-12-19-11-6-7-13-20(19)21)27-28(24,25)15-18-9-4-3-5-10-18/h3-14H,15-16H2,1-2H3,(H,24,25). The van der Waals surface area contributed by atoms with Crippen molar-refractivity contribution < 1.29 is 23.5 Å². The molecule has 1 N–H and O–H groups in total. The van der Waals surface area contributed by atoms with Gasteiger partial charge in [0.05, 0.1) is 6.16 Å². The van der Waals surface area contributed by atoms with Gasteiger partial charge in [0.1, 0.15) is 12.2 Å². The van der Waals surface area contributed by atoms with Gasteiger partial charge in [0.2, 0.25) is 0 Å². The van der Waals surface area contributed by atoms with Gasteiger partial charge in [0.25, 0.3) is 0 Å². The Balaban J connectivity index is 2.00. The van der Waals surface area contributed by atoms with Crippen molar-refractivity contribution in [2.24, 2.45) is 0 Å². The van der Waals surface area contributed by atoms with Crippen LogP contribution in [0.1, 0.15) is 25.0 Å². The van der Waals surface area contributed by atoms with E-state index in [0.717, 1.165) is 10.8 Å². The maximum absolute atomic E-state index is 12.9. The largest absolute Gasteiger partial charge is 0.462 e. The molecule has 6 heteroatoms. The zero-order valence-electron chi connectivity index (χ0n) is 15.9. The topological polar surface area (TPSA) is 72.8 Å². The first-order valence-electron chi connectivity index (χ1n) is 8.97. The highest BCUT2D eigenvalue weighted by molar-refractivity contribution is 7.52. The van der Waals surface area contributed by atoms with E-state index in [2.05, 4.69) is 0 Å². The van der Waals surface area contributed by atoms with Crippen molar-refractivity contribution in [1.82, 2.24) is 0 Å². The smallest absolute Gasteiger partial charge is 0.333 e. The Morgan fingerprint density at radius 3 is 2.36 bits per heavy atom. The summed E-state index contributed by atoms with van der Waals surface area (Å²) in [6.07, 6.45) is -0.131. The number of rotatable bonds is 7. The van der Waals surface area contributed by atoms with Crippen molar-refractivity contribution in [2.45, 2.75) is 25.6 Å². The number of benzene rings is 3. The predicted molar refractivity (Wildman–Crippen MR) is 109 cm³/mol. The van der Waals surface area contributed by atoms with E-state index in [4.69, 9.17) is 9.26 Å². The minimum Gasteiger partial charge on any atom is -0.462 e. The second kappa shape index (κ2) is 8.27. The molecule has 3 rings (SSSR count). The summed E-state index contributed by atoms with van der Waals surface area (Å²) in [5.74, 6) is -0.481. The van der Waals surface area contributed by atoms with Crippen LogP contribution in [-0.4, -0.2) is 17.5 Å². The van der Waals surface area contributed by atoms with Crippen molar-refractivity contribution in [3.05, 3.63) is 83.9 Å². The summed E-state index contributed by atoms with van der Waals surface area (Å²) >= 11 is 0. The Morgan fingerprint density at radius 2 is 1.64 bits per heavy atom. The number of fused-ring (bicyclic) bond motifs is 1. The molecular formula is C22H23O5P. The van der Waals surface area contributed by atoms with Gasteiger partial charge in [-0.05, 0) is 28.8 Å². The number of ether oxygens (including phenoxy) is 1. The molecule has 0 aliphatic carbocycles. The molecule has 0 aliphatic heterocycles. The third-order valence-electron chi connectivity index (χ3n) is 4.48. The van der Waals surface area contributed by atoms with E-state index in [0.29, 0.717) is 11.1 Å². The molecule has 28 heavy (non-hydrogen) atoms. The molecule has 0 radical (unpaired) electrons. The molecule has 0 spiro atoms. The lowest BCUT2D eigenvalue weighted by Gasteiger charge is -2.32. The Bertz CT molecular complexity index is 1010. The molecular weight excluding hydrogens is 375 g/mol. The Kier molecular flexibility index (Phi) is 5.99. The van der Waals surface area contributed by atoms with Gasteiger partial charge >= 0.3 is 13.6 Å². The van der Waals surface area contributed by atoms with Crippen LogP contribution in [0.3, 0.4) is 0 Å². The van der Waals surface area contributed by atoms with Crippen LogP contribution in [0.15, 0.2) is 72.8 Å². The maximum Gasteiger partial charge on any atom is 0.333 e. The van der Waals surface area contributed by atoms with Crippen molar-refractivity contribution in [2.75, 3.05) is 6.61 Å². The van der Waals surface area contributed by atoms with E-state index in [1.165, 1.54) is 6.92 Å². The van der Waals surface area contributed by atoms with Gasteiger partial charge < -0.3 is 9.63 Å². The highest BCUT2D eigenvalue weighted by Gasteiger charge is 2.38. The zero-order chi connectivity index (χ0) is 20.2. The average Bonchev–Trinajstić information content (AvgIpc) is 2.66. The number of esters is 1. The molecule has 2 unspecified atom stereocenters. The predicted octanol–water partition coefficient (Wildman–Crippen LogP) is 5.02. The molecule has 3 aromatic carbocycles. The fourth-order valence-corrected chi connectivity index (χ4v) is 4.76. The van der Waals surface area contributed by atoms with Crippen molar-refractivity contribution >= 4 is 24.3 Å². The van der Waals surface area contributed by atoms with E-state index >= 15 is 0 Å². The quantitative estimate of drug-likeness (QED) is 0.447. The van der Waals surface area contributed by atoms with Crippen molar-refractivity contribution in [1.29, 1.82) is 0 Å². The minimum absolute atomic E-state index is 0.131. The summed E-state index contributed by atoms with van der Waals surface area (Å²) in [6.45, 7) is 2.80. The second-order valence-corrected chi connectivity index (χ2v) is 8.68. The van der Waals surface area contributed by atoms with E-state index < -0.39 is 19.2 Å². The molecule has 146 valence electrons. The van der Waals surface area contributed by atoms with Gasteiger partial charge in [-0.15, -0.1) is 0 Å². The lowest BCUT2D eigenvalue weighted by atomic mass is 9.91. The van der Waals surface area contributed by atoms with Crippen LogP contribution in [0.2, 0.25) is 0 Å². The number of carbonyl (C=O) groups is 1. The summed E-state index contributed by atoms with van der Waals surface area (Å²) in [4.78, 5) is 22.0. The molecule has 0 amide bonds. The van der Waals surface area contributed by atoms with E-state index in [1.807, 2.05) is 48.5 Å². The highest BCUT2D eigenvalue weighted by Crippen LogP contribution is 2.52. The van der Waals surface area contributed by atoms with Crippen LogP contribution in [0.25, 0.3) is 10.8 Å².